The molecule has 1 heterocycles. The summed E-state index contributed by atoms with van der Waals surface area (Å²) in [6, 6.07) is 17.8. The van der Waals surface area contributed by atoms with Gasteiger partial charge in [-0.1, -0.05) is 29.5 Å². The Balaban J connectivity index is 1.94. The Kier molecular flexibility index (Phi) is 8.18. The van der Waals surface area contributed by atoms with Crippen molar-refractivity contribution in [3.63, 3.8) is 0 Å². The summed E-state index contributed by atoms with van der Waals surface area (Å²) < 4.78 is 12.4. The van der Waals surface area contributed by atoms with Crippen LogP contribution in [0.25, 0.3) is 11.0 Å². The SMILES string of the molecule is COc1cc(OC)cc([C@@H](C(=O)NC(C)(C)C)N(C(=O)Cn2nnc3ccccc32)c2ccccc2C(C)=O)c1. The highest BCUT2D eigenvalue weighted by Gasteiger charge is 2.37. The molecule has 0 saturated heterocycles. The Labute approximate surface area is 232 Å². The van der Waals surface area contributed by atoms with Gasteiger partial charge in [-0.3, -0.25) is 19.3 Å². The number of benzene rings is 3. The third-order valence-corrected chi connectivity index (χ3v) is 6.21. The van der Waals surface area contributed by atoms with E-state index >= 15 is 0 Å². The Morgan fingerprint density at radius 3 is 2.20 bits per heavy atom. The minimum absolute atomic E-state index is 0.229. The fraction of sp³-hybridized carbons (Fsp3) is 0.300. The predicted octanol–water partition coefficient (Wildman–Crippen LogP) is 4.34. The molecule has 208 valence electrons. The highest BCUT2D eigenvalue weighted by Crippen LogP contribution is 2.35. The largest absolute Gasteiger partial charge is 0.497 e. The zero-order valence-corrected chi connectivity index (χ0v) is 23.5. The molecule has 2 amide bonds. The lowest BCUT2D eigenvalue weighted by Gasteiger charge is -2.34. The van der Waals surface area contributed by atoms with Crippen molar-refractivity contribution in [3.05, 3.63) is 77.9 Å². The van der Waals surface area contributed by atoms with E-state index < -0.39 is 23.4 Å². The first-order valence-corrected chi connectivity index (χ1v) is 12.8. The lowest BCUT2D eigenvalue weighted by molar-refractivity contribution is -0.128. The third-order valence-electron chi connectivity index (χ3n) is 6.21. The average Bonchev–Trinajstić information content (AvgIpc) is 3.32. The van der Waals surface area contributed by atoms with Crippen molar-refractivity contribution in [1.29, 1.82) is 0 Å². The van der Waals surface area contributed by atoms with E-state index in [1.54, 1.807) is 48.5 Å². The second-order valence-electron chi connectivity index (χ2n) is 10.4. The summed E-state index contributed by atoms with van der Waals surface area (Å²) in [7, 11) is 3.01. The lowest BCUT2D eigenvalue weighted by atomic mass is 9.98. The molecule has 40 heavy (non-hydrogen) atoms. The minimum Gasteiger partial charge on any atom is -0.497 e. The van der Waals surface area contributed by atoms with E-state index in [2.05, 4.69) is 15.6 Å². The number of anilines is 1. The molecule has 0 radical (unpaired) electrons. The van der Waals surface area contributed by atoms with Gasteiger partial charge in [0, 0.05) is 17.2 Å². The van der Waals surface area contributed by atoms with Crippen LogP contribution >= 0.6 is 0 Å². The van der Waals surface area contributed by atoms with Crippen LogP contribution in [-0.2, 0) is 16.1 Å². The van der Waals surface area contributed by atoms with Gasteiger partial charge in [0.1, 0.15) is 29.6 Å². The first-order chi connectivity index (χ1) is 19.0. The number of ketones is 1. The van der Waals surface area contributed by atoms with Crippen molar-refractivity contribution >= 4 is 34.3 Å². The zero-order chi connectivity index (χ0) is 29.0. The van der Waals surface area contributed by atoms with E-state index in [4.69, 9.17) is 9.47 Å². The number of para-hydroxylation sites is 2. The number of hydrogen-bond acceptors (Lipinski definition) is 7. The molecule has 0 saturated carbocycles. The van der Waals surface area contributed by atoms with Crippen LogP contribution in [0, 0.1) is 0 Å². The van der Waals surface area contributed by atoms with Crippen LogP contribution in [0.1, 0.15) is 49.7 Å². The number of fused-ring (bicyclic) bond motifs is 1. The summed E-state index contributed by atoms with van der Waals surface area (Å²) in [6.45, 7) is 6.75. The van der Waals surface area contributed by atoms with Gasteiger partial charge in [-0.2, -0.15) is 0 Å². The average molecular weight is 544 g/mol. The van der Waals surface area contributed by atoms with Crippen molar-refractivity contribution < 1.29 is 23.9 Å². The van der Waals surface area contributed by atoms with Gasteiger partial charge >= 0.3 is 0 Å². The van der Waals surface area contributed by atoms with Gasteiger partial charge < -0.3 is 14.8 Å². The smallest absolute Gasteiger partial charge is 0.249 e. The summed E-state index contributed by atoms with van der Waals surface area (Å²) in [5, 5.41) is 11.3. The Morgan fingerprint density at radius 2 is 1.57 bits per heavy atom. The fourth-order valence-corrected chi connectivity index (χ4v) is 4.48. The topological polar surface area (TPSA) is 116 Å². The standard InChI is InChI=1S/C30H33N5O5/c1-19(36)23-11-7-9-13-25(23)35(27(37)18-34-26-14-10-8-12-24(26)32-33-34)28(29(38)31-30(2,3)4)20-15-21(39-5)17-22(16-20)40-6/h7-17,28H,18H2,1-6H3,(H,31,38)/t28-/m0/s1. The number of aromatic nitrogens is 3. The van der Waals surface area contributed by atoms with E-state index in [1.807, 2.05) is 39.0 Å². The number of carbonyl (C=O) groups excluding carboxylic acids is 3. The first-order valence-electron chi connectivity index (χ1n) is 12.8. The maximum Gasteiger partial charge on any atom is 0.249 e. The monoisotopic (exact) mass is 543 g/mol. The molecule has 0 aliphatic heterocycles. The molecule has 1 atom stereocenters. The summed E-state index contributed by atoms with van der Waals surface area (Å²) in [5.74, 6) is -0.286. The van der Waals surface area contributed by atoms with Crippen LogP contribution in [0.15, 0.2) is 66.7 Å². The molecule has 4 rings (SSSR count). The van der Waals surface area contributed by atoms with Gasteiger partial charge in [0.2, 0.25) is 11.8 Å². The van der Waals surface area contributed by atoms with E-state index in [1.165, 1.54) is 30.7 Å². The zero-order valence-electron chi connectivity index (χ0n) is 23.5. The number of nitrogens with one attached hydrogen (secondary N) is 1. The third kappa shape index (κ3) is 6.12. The number of nitrogens with zero attached hydrogens (tertiary/aromatic N) is 4. The molecule has 0 bridgehead atoms. The van der Waals surface area contributed by atoms with Gasteiger partial charge in [-0.05, 0) is 69.7 Å². The number of hydrogen-bond donors (Lipinski definition) is 1. The van der Waals surface area contributed by atoms with Gasteiger partial charge in [-0.15, -0.1) is 5.10 Å². The number of rotatable bonds is 9. The molecule has 4 aromatic rings. The molecule has 1 N–H and O–H groups in total. The molecule has 10 nitrogen and oxygen atoms in total. The second kappa shape index (κ2) is 11.6. The molecule has 3 aromatic carbocycles. The first kappa shape index (κ1) is 28.3. The van der Waals surface area contributed by atoms with E-state index in [9.17, 15) is 14.4 Å². The van der Waals surface area contributed by atoms with Gasteiger partial charge in [0.05, 0.1) is 25.4 Å². The van der Waals surface area contributed by atoms with E-state index in [0.29, 0.717) is 39.3 Å². The van der Waals surface area contributed by atoms with Gasteiger partial charge in [0.25, 0.3) is 0 Å². The Bertz CT molecular complexity index is 1530. The lowest BCUT2D eigenvalue weighted by Crippen LogP contribution is -2.50. The molecular formula is C30H33N5O5. The quantitative estimate of drug-likeness (QED) is 0.312. The summed E-state index contributed by atoms with van der Waals surface area (Å²) in [5.41, 5.74) is 1.70. The molecule has 0 unspecified atom stereocenters. The fourth-order valence-electron chi connectivity index (χ4n) is 4.48. The normalized spacial score (nSPS) is 12.1. The van der Waals surface area contributed by atoms with Gasteiger partial charge in [0.15, 0.2) is 5.78 Å². The molecule has 1 aromatic heterocycles. The number of Topliss-reactive ketones (excluding diaryl/α,β-unsaturated/α-hetero) is 1. The number of methoxy groups -OCH3 is 2. The van der Waals surface area contributed by atoms with Crippen LogP contribution in [-0.4, -0.2) is 52.3 Å². The number of ether oxygens (including phenoxy) is 2. The summed E-state index contributed by atoms with van der Waals surface area (Å²) >= 11 is 0. The highest BCUT2D eigenvalue weighted by atomic mass is 16.5. The molecule has 0 aliphatic rings. The molecule has 0 aliphatic carbocycles. The maximum absolute atomic E-state index is 14.3. The predicted molar refractivity (Wildman–Crippen MR) is 152 cm³/mol. The minimum atomic E-state index is -1.19. The van der Waals surface area contributed by atoms with E-state index in [-0.39, 0.29) is 12.3 Å². The Morgan fingerprint density at radius 1 is 0.950 bits per heavy atom. The second-order valence-corrected chi connectivity index (χ2v) is 10.4. The van der Waals surface area contributed by atoms with Crippen molar-refractivity contribution in [1.82, 2.24) is 20.3 Å². The number of amides is 2. The van der Waals surface area contributed by atoms with Crippen molar-refractivity contribution in [2.75, 3.05) is 19.1 Å². The molecule has 0 spiro atoms. The molecule has 0 fully saturated rings. The number of carbonyl (C=O) groups is 3. The van der Waals surface area contributed by atoms with Crippen molar-refractivity contribution in [3.8, 4) is 11.5 Å². The molecular weight excluding hydrogens is 510 g/mol. The van der Waals surface area contributed by atoms with Crippen LogP contribution in [0.3, 0.4) is 0 Å². The van der Waals surface area contributed by atoms with Crippen LogP contribution in [0.5, 0.6) is 11.5 Å². The summed E-state index contributed by atoms with van der Waals surface area (Å²) in [4.78, 5) is 42.5. The van der Waals surface area contributed by atoms with E-state index in [0.717, 1.165) is 0 Å². The van der Waals surface area contributed by atoms with Crippen LogP contribution in [0.4, 0.5) is 5.69 Å². The van der Waals surface area contributed by atoms with Crippen molar-refractivity contribution in [2.45, 2.75) is 45.8 Å². The summed E-state index contributed by atoms with van der Waals surface area (Å²) in [6.07, 6.45) is 0. The van der Waals surface area contributed by atoms with Crippen LogP contribution in [0.2, 0.25) is 0 Å². The maximum atomic E-state index is 14.3. The Hall–Kier alpha value is -4.73. The van der Waals surface area contributed by atoms with Gasteiger partial charge in [-0.25, -0.2) is 4.68 Å². The van der Waals surface area contributed by atoms with Crippen molar-refractivity contribution in [2.24, 2.45) is 0 Å². The van der Waals surface area contributed by atoms with Crippen LogP contribution < -0.4 is 19.7 Å². The molecule has 10 heteroatoms. The highest BCUT2D eigenvalue weighted by molar-refractivity contribution is 6.08.